The summed E-state index contributed by atoms with van der Waals surface area (Å²) in [5, 5.41) is 0. The molecular formula is C72H128NO8P. The maximum absolute atomic E-state index is 12.8. The number of rotatable bonds is 64. The van der Waals surface area contributed by atoms with Crippen molar-refractivity contribution in [2.75, 3.05) is 26.4 Å². The van der Waals surface area contributed by atoms with Crippen molar-refractivity contribution in [3.05, 3.63) is 97.2 Å². The maximum atomic E-state index is 12.8. The average Bonchev–Trinajstić information content (AvgIpc) is 3.47. The summed E-state index contributed by atoms with van der Waals surface area (Å²) in [4.78, 5) is 35.3. The van der Waals surface area contributed by atoms with E-state index in [1.807, 2.05) is 0 Å². The lowest BCUT2D eigenvalue weighted by atomic mass is 10.0. The molecule has 0 aromatic rings. The summed E-state index contributed by atoms with van der Waals surface area (Å²) in [6, 6.07) is 0. The Labute approximate surface area is 506 Å². The van der Waals surface area contributed by atoms with Gasteiger partial charge in [0, 0.05) is 19.4 Å². The van der Waals surface area contributed by atoms with Gasteiger partial charge >= 0.3 is 19.8 Å². The number of phosphoric acid groups is 1. The second kappa shape index (κ2) is 67.1. The molecule has 3 N–H and O–H groups in total. The number of phosphoric ester groups is 1. The maximum Gasteiger partial charge on any atom is 0.472 e. The van der Waals surface area contributed by atoms with Crippen molar-refractivity contribution in [1.29, 1.82) is 0 Å². The molecule has 0 amide bonds. The van der Waals surface area contributed by atoms with Crippen molar-refractivity contribution in [2.45, 2.75) is 322 Å². The van der Waals surface area contributed by atoms with E-state index in [-0.39, 0.29) is 38.6 Å². The molecule has 0 aromatic carbocycles. The predicted molar refractivity (Wildman–Crippen MR) is 353 cm³/mol. The van der Waals surface area contributed by atoms with E-state index in [2.05, 4.69) is 111 Å². The van der Waals surface area contributed by atoms with Crippen LogP contribution in [0, 0.1) is 0 Å². The number of carbonyl (C=O) groups is 2. The van der Waals surface area contributed by atoms with Crippen LogP contribution in [0.1, 0.15) is 316 Å². The molecular weight excluding hydrogens is 1040 g/mol. The predicted octanol–water partition coefficient (Wildman–Crippen LogP) is 22.4. The van der Waals surface area contributed by atoms with Gasteiger partial charge in [-0.2, -0.15) is 0 Å². The van der Waals surface area contributed by atoms with E-state index < -0.39 is 26.5 Å². The standard InChI is InChI=1S/C72H128NO8P/c1-3-5-7-9-11-13-15-17-19-21-23-25-26-27-28-29-30-31-32-33-34-35-36-37-38-39-40-41-42-43-44-45-47-49-51-53-55-57-59-61-63-65-72(75)81-70(69-80-82(76,77)79-67-66-73)68-78-71(74)64-62-60-58-56-54-52-50-48-46-24-22-20-18-16-14-12-10-8-6-4-2/h5,7,11,13,17,19,23,25,27-28,30-31,33-34,36-37,70H,3-4,6,8-10,12,14-16,18,20-22,24,26,29,32,35,38-69,73H2,1-2H3,(H,76,77)/b7-5-,13-11-,19-17-,25-23-,28-27-,31-30-,34-33-,37-36-. The summed E-state index contributed by atoms with van der Waals surface area (Å²) in [6.45, 7) is 3.67. The van der Waals surface area contributed by atoms with Crippen LogP contribution in [-0.2, 0) is 32.7 Å². The number of carbonyl (C=O) groups excluding carboxylic acids is 2. The molecule has 0 aliphatic rings. The molecule has 2 unspecified atom stereocenters. The third-order valence-electron chi connectivity index (χ3n) is 14.7. The first-order valence-corrected chi connectivity index (χ1v) is 35.7. The van der Waals surface area contributed by atoms with Crippen molar-refractivity contribution in [2.24, 2.45) is 5.73 Å². The minimum atomic E-state index is -4.39. The van der Waals surface area contributed by atoms with Gasteiger partial charge in [-0.15, -0.1) is 0 Å². The Morgan fingerprint density at radius 2 is 0.671 bits per heavy atom. The van der Waals surface area contributed by atoms with Gasteiger partial charge in [-0.3, -0.25) is 18.6 Å². The Bertz CT molecular complexity index is 1660. The molecule has 0 fully saturated rings. The van der Waals surface area contributed by atoms with Crippen LogP contribution >= 0.6 is 7.82 Å². The molecule has 0 aromatic heterocycles. The average molecular weight is 1170 g/mol. The lowest BCUT2D eigenvalue weighted by molar-refractivity contribution is -0.161. The van der Waals surface area contributed by atoms with E-state index in [9.17, 15) is 19.0 Å². The second-order valence-electron chi connectivity index (χ2n) is 22.7. The highest BCUT2D eigenvalue weighted by Gasteiger charge is 2.26. The number of ether oxygens (including phenoxy) is 2. The largest absolute Gasteiger partial charge is 0.472 e. The number of allylic oxidation sites excluding steroid dienone is 16. The highest BCUT2D eigenvalue weighted by molar-refractivity contribution is 7.47. The van der Waals surface area contributed by atoms with Gasteiger partial charge in [0.1, 0.15) is 6.61 Å². The smallest absolute Gasteiger partial charge is 0.462 e. The van der Waals surface area contributed by atoms with Crippen LogP contribution in [0.3, 0.4) is 0 Å². The first kappa shape index (κ1) is 78.9. The highest BCUT2D eigenvalue weighted by atomic mass is 31.2. The Kier molecular flexibility index (Phi) is 64.6. The van der Waals surface area contributed by atoms with Gasteiger partial charge in [0.25, 0.3) is 0 Å². The number of nitrogens with two attached hydrogens (primary N) is 1. The molecule has 0 bridgehead atoms. The van der Waals surface area contributed by atoms with Gasteiger partial charge in [-0.05, 0) is 77.0 Å². The van der Waals surface area contributed by atoms with E-state index in [1.165, 1.54) is 193 Å². The fourth-order valence-electron chi connectivity index (χ4n) is 9.71. The molecule has 0 heterocycles. The first-order valence-electron chi connectivity index (χ1n) is 34.2. The van der Waals surface area contributed by atoms with Gasteiger partial charge < -0.3 is 20.1 Å². The van der Waals surface area contributed by atoms with Crippen molar-refractivity contribution >= 4 is 19.8 Å². The molecule has 0 saturated carbocycles. The Balaban J connectivity index is 3.85. The zero-order valence-electron chi connectivity index (χ0n) is 53.2. The molecule has 0 aliphatic carbocycles. The summed E-state index contributed by atoms with van der Waals surface area (Å²) >= 11 is 0. The normalized spacial score (nSPS) is 13.6. The van der Waals surface area contributed by atoms with Crippen LogP contribution in [0.5, 0.6) is 0 Å². The summed E-state index contributed by atoms with van der Waals surface area (Å²) < 4.78 is 33.1. The van der Waals surface area contributed by atoms with Crippen molar-refractivity contribution in [3.63, 3.8) is 0 Å². The second-order valence-corrected chi connectivity index (χ2v) is 24.1. The van der Waals surface area contributed by atoms with Gasteiger partial charge in [0.05, 0.1) is 13.2 Å². The molecule has 474 valence electrons. The van der Waals surface area contributed by atoms with Crippen LogP contribution in [0.25, 0.3) is 0 Å². The summed E-state index contributed by atoms with van der Waals surface area (Å²) in [7, 11) is -4.39. The van der Waals surface area contributed by atoms with Crippen LogP contribution in [-0.4, -0.2) is 49.3 Å². The quantitative estimate of drug-likeness (QED) is 0.0264. The third-order valence-corrected chi connectivity index (χ3v) is 15.7. The van der Waals surface area contributed by atoms with E-state index in [4.69, 9.17) is 24.3 Å². The van der Waals surface area contributed by atoms with Crippen molar-refractivity contribution in [1.82, 2.24) is 0 Å². The van der Waals surface area contributed by atoms with Crippen LogP contribution in [0.4, 0.5) is 0 Å². The third kappa shape index (κ3) is 66.1. The molecule has 0 aliphatic heterocycles. The Morgan fingerprint density at radius 1 is 0.378 bits per heavy atom. The van der Waals surface area contributed by atoms with Crippen LogP contribution in [0.15, 0.2) is 97.2 Å². The monoisotopic (exact) mass is 1170 g/mol. The minimum Gasteiger partial charge on any atom is -0.462 e. The molecule has 0 rings (SSSR count). The topological polar surface area (TPSA) is 134 Å². The minimum absolute atomic E-state index is 0.0530. The Hall–Kier alpha value is -3.07. The van der Waals surface area contributed by atoms with Crippen molar-refractivity contribution in [3.8, 4) is 0 Å². The summed E-state index contributed by atoms with van der Waals surface area (Å²) in [5.41, 5.74) is 5.40. The molecule has 0 saturated heterocycles. The molecule has 0 spiro atoms. The van der Waals surface area contributed by atoms with E-state index >= 15 is 0 Å². The number of esters is 2. The summed E-state index contributed by atoms with van der Waals surface area (Å²) in [5.74, 6) is -0.814. The van der Waals surface area contributed by atoms with E-state index in [0.29, 0.717) is 6.42 Å². The van der Waals surface area contributed by atoms with Crippen LogP contribution < -0.4 is 5.73 Å². The van der Waals surface area contributed by atoms with Gasteiger partial charge in [0.15, 0.2) is 6.10 Å². The van der Waals surface area contributed by atoms with Gasteiger partial charge in [-0.25, -0.2) is 4.57 Å². The Morgan fingerprint density at radius 3 is 1.00 bits per heavy atom. The SMILES string of the molecule is CC/C=C\C/C=C\C/C=C\C/C=C\C/C=C\C/C=C\C/C=C\C/C=C\CCCCCCCCCCCCCCCCCCC(=O)OC(COC(=O)CCCCCCCCCCCCCCCCCCCCCC)COP(=O)(O)OCCN. The molecule has 2 atom stereocenters. The van der Waals surface area contributed by atoms with Crippen LogP contribution in [0.2, 0.25) is 0 Å². The van der Waals surface area contributed by atoms with E-state index in [0.717, 1.165) is 89.9 Å². The molecule has 9 nitrogen and oxygen atoms in total. The highest BCUT2D eigenvalue weighted by Crippen LogP contribution is 2.43. The van der Waals surface area contributed by atoms with E-state index in [1.54, 1.807) is 0 Å². The zero-order chi connectivity index (χ0) is 59.4. The zero-order valence-corrected chi connectivity index (χ0v) is 54.1. The van der Waals surface area contributed by atoms with Crippen molar-refractivity contribution < 1.29 is 37.6 Å². The molecule has 0 radical (unpaired) electrons. The summed E-state index contributed by atoms with van der Waals surface area (Å²) in [6.07, 6.45) is 90.7. The van der Waals surface area contributed by atoms with Gasteiger partial charge in [0.2, 0.25) is 0 Å². The fraction of sp³-hybridized carbons (Fsp3) is 0.750. The van der Waals surface area contributed by atoms with Gasteiger partial charge in [-0.1, -0.05) is 323 Å². The molecule has 10 heteroatoms. The fourth-order valence-corrected chi connectivity index (χ4v) is 10.5. The number of hydrogen-bond donors (Lipinski definition) is 2. The number of unbranched alkanes of at least 4 members (excludes halogenated alkanes) is 35. The first-order chi connectivity index (χ1) is 40.3. The lowest BCUT2D eigenvalue weighted by Gasteiger charge is -2.19. The molecule has 82 heavy (non-hydrogen) atoms. The lowest BCUT2D eigenvalue weighted by Crippen LogP contribution is -2.29. The number of hydrogen-bond acceptors (Lipinski definition) is 8.